The fraction of sp³-hybridized carbons (Fsp3) is 0.929. The number of methoxy groups -OCH3 is 1. The number of ether oxygens (including phenoxy) is 1. The Bertz CT molecular complexity index is 246. The van der Waals surface area contributed by atoms with Crippen molar-refractivity contribution in [1.29, 1.82) is 0 Å². The molecule has 1 aliphatic heterocycles. The number of carbonyl (C=O) groups excluding carboxylic acids is 1. The summed E-state index contributed by atoms with van der Waals surface area (Å²) in [7, 11) is 1.69. The van der Waals surface area contributed by atoms with Crippen LogP contribution in [0.15, 0.2) is 0 Å². The van der Waals surface area contributed by atoms with Gasteiger partial charge in [0.25, 0.3) is 0 Å². The molecule has 1 fully saturated rings. The molecule has 1 heterocycles. The number of hydrogen-bond acceptors (Lipinski definition) is 3. The number of nitrogens with zero attached hydrogens (tertiary/aromatic N) is 1. The minimum absolute atomic E-state index is 0.280. The molecule has 0 aromatic heterocycles. The first-order valence-electron chi connectivity index (χ1n) is 7.17. The molecule has 106 valence electrons. The van der Waals surface area contributed by atoms with Gasteiger partial charge in [-0.2, -0.15) is 0 Å². The maximum Gasteiger partial charge on any atom is 0.222 e. The zero-order chi connectivity index (χ0) is 13.4. The minimum Gasteiger partial charge on any atom is -0.384 e. The fourth-order valence-corrected chi connectivity index (χ4v) is 2.49. The maximum absolute atomic E-state index is 12.1. The summed E-state index contributed by atoms with van der Waals surface area (Å²) in [5.74, 6) is 0.592. The van der Waals surface area contributed by atoms with Crippen molar-refractivity contribution in [3.63, 3.8) is 0 Å². The van der Waals surface area contributed by atoms with Crippen molar-refractivity contribution in [3.05, 3.63) is 0 Å². The molecule has 1 saturated heterocycles. The van der Waals surface area contributed by atoms with Crippen molar-refractivity contribution in [2.45, 2.75) is 45.6 Å². The first-order valence-corrected chi connectivity index (χ1v) is 7.17. The Morgan fingerprint density at radius 2 is 2.33 bits per heavy atom. The van der Waals surface area contributed by atoms with E-state index in [2.05, 4.69) is 19.2 Å². The van der Waals surface area contributed by atoms with Crippen molar-refractivity contribution in [2.24, 2.45) is 5.92 Å². The largest absolute Gasteiger partial charge is 0.384 e. The molecule has 4 heteroatoms. The summed E-state index contributed by atoms with van der Waals surface area (Å²) in [4.78, 5) is 14.2. The van der Waals surface area contributed by atoms with E-state index >= 15 is 0 Å². The van der Waals surface area contributed by atoms with Crippen LogP contribution >= 0.6 is 0 Å². The highest BCUT2D eigenvalue weighted by Gasteiger charge is 2.23. The Morgan fingerprint density at radius 3 is 3.00 bits per heavy atom. The van der Waals surface area contributed by atoms with Crippen molar-refractivity contribution in [2.75, 3.05) is 33.4 Å². The summed E-state index contributed by atoms with van der Waals surface area (Å²) >= 11 is 0. The van der Waals surface area contributed by atoms with Gasteiger partial charge in [0.2, 0.25) is 5.91 Å². The van der Waals surface area contributed by atoms with E-state index in [-0.39, 0.29) is 5.91 Å². The van der Waals surface area contributed by atoms with E-state index in [1.54, 1.807) is 7.11 Å². The molecule has 0 aromatic carbocycles. The third kappa shape index (κ3) is 5.36. The molecule has 0 radical (unpaired) electrons. The Kier molecular flexibility index (Phi) is 7.28. The van der Waals surface area contributed by atoms with Crippen LogP contribution in [0.5, 0.6) is 0 Å². The summed E-state index contributed by atoms with van der Waals surface area (Å²) < 4.78 is 5.08. The third-order valence-electron chi connectivity index (χ3n) is 3.43. The molecule has 18 heavy (non-hydrogen) atoms. The van der Waals surface area contributed by atoms with Crippen molar-refractivity contribution < 1.29 is 9.53 Å². The van der Waals surface area contributed by atoms with Crippen molar-refractivity contribution >= 4 is 5.91 Å². The highest BCUT2D eigenvalue weighted by Crippen LogP contribution is 2.13. The van der Waals surface area contributed by atoms with Gasteiger partial charge in [0, 0.05) is 39.3 Å². The number of nitrogens with one attached hydrogen (secondary N) is 1. The molecule has 0 aliphatic carbocycles. The van der Waals surface area contributed by atoms with E-state index in [0.717, 1.165) is 32.5 Å². The molecule has 1 aliphatic rings. The zero-order valence-corrected chi connectivity index (χ0v) is 12.1. The van der Waals surface area contributed by atoms with Crippen LogP contribution < -0.4 is 5.32 Å². The van der Waals surface area contributed by atoms with Gasteiger partial charge in [-0.25, -0.2) is 0 Å². The number of piperidine rings is 1. The molecule has 2 unspecified atom stereocenters. The smallest absolute Gasteiger partial charge is 0.222 e. The second kappa shape index (κ2) is 8.48. The molecule has 1 N–H and O–H groups in total. The highest BCUT2D eigenvalue weighted by atomic mass is 16.5. The third-order valence-corrected chi connectivity index (χ3v) is 3.43. The molecule has 1 rings (SSSR count). The summed E-state index contributed by atoms with van der Waals surface area (Å²) in [5.41, 5.74) is 0. The van der Waals surface area contributed by atoms with E-state index in [9.17, 15) is 4.79 Å². The SMILES string of the molecule is CCCNC1CCCN(C(=O)CC(C)COC)C1. The van der Waals surface area contributed by atoms with Gasteiger partial charge in [-0.3, -0.25) is 4.79 Å². The Labute approximate surface area is 111 Å². The first kappa shape index (κ1) is 15.4. The molecular formula is C14H28N2O2. The summed E-state index contributed by atoms with van der Waals surface area (Å²) in [6, 6.07) is 0.486. The number of rotatable bonds is 7. The molecule has 0 bridgehead atoms. The molecular weight excluding hydrogens is 228 g/mol. The van der Waals surface area contributed by atoms with E-state index < -0.39 is 0 Å². The predicted molar refractivity (Wildman–Crippen MR) is 73.6 cm³/mol. The topological polar surface area (TPSA) is 41.6 Å². The van der Waals surface area contributed by atoms with E-state index in [0.29, 0.717) is 25.0 Å². The van der Waals surface area contributed by atoms with Crippen LogP contribution in [0.2, 0.25) is 0 Å². The van der Waals surface area contributed by atoms with Crippen LogP contribution in [0.1, 0.15) is 39.5 Å². The van der Waals surface area contributed by atoms with Crippen LogP contribution in [0.3, 0.4) is 0 Å². The Morgan fingerprint density at radius 1 is 1.56 bits per heavy atom. The second-order valence-electron chi connectivity index (χ2n) is 5.40. The fourth-order valence-electron chi connectivity index (χ4n) is 2.49. The number of likely N-dealkylation sites (tertiary alicyclic amines) is 1. The molecule has 0 aromatic rings. The molecule has 0 spiro atoms. The van der Waals surface area contributed by atoms with Crippen molar-refractivity contribution in [3.8, 4) is 0 Å². The monoisotopic (exact) mass is 256 g/mol. The van der Waals surface area contributed by atoms with Gasteiger partial charge in [-0.15, -0.1) is 0 Å². The van der Waals surface area contributed by atoms with Gasteiger partial charge < -0.3 is 15.0 Å². The lowest BCUT2D eigenvalue weighted by Crippen LogP contribution is -2.48. The quantitative estimate of drug-likeness (QED) is 0.753. The predicted octanol–water partition coefficient (Wildman–Crippen LogP) is 1.65. The molecule has 4 nitrogen and oxygen atoms in total. The molecule has 1 amide bonds. The lowest BCUT2D eigenvalue weighted by molar-refractivity contribution is -0.133. The van der Waals surface area contributed by atoms with Gasteiger partial charge in [-0.1, -0.05) is 13.8 Å². The summed E-state index contributed by atoms with van der Waals surface area (Å²) in [5, 5.41) is 3.52. The normalized spacial score (nSPS) is 21.9. The van der Waals surface area contributed by atoms with Crippen molar-refractivity contribution in [1.82, 2.24) is 10.2 Å². The lowest BCUT2D eigenvalue weighted by Gasteiger charge is -2.34. The van der Waals surface area contributed by atoms with Gasteiger partial charge in [-0.05, 0) is 31.7 Å². The van der Waals surface area contributed by atoms with Gasteiger partial charge in [0.05, 0.1) is 0 Å². The summed E-state index contributed by atoms with van der Waals surface area (Å²) in [6.45, 7) is 7.74. The molecule has 2 atom stereocenters. The van der Waals surface area contributed by atoms with E-state index in [1.165, 1.54) is 6.42 Å². The summed E-state index contributed by atoms with van der Waals surface area (Å²) in [6.07, 6.45) is 4.06. The number of hydrogen-bond donors (Lipinski definition) is 1. The molecule has 0 saturated carbocycles. The van der Waals surface area contributed by atoms with Crippen LogP contribution in [-0.2, 0) is 9.53 Å². The Balaban J connectivity index is 2.33. The zero-order valence-electron chi connectivity index (χ0n) is 12.1. The van der Waals surface area contributed by atoms with Gasteiger partial charge >= 0.3 is 0 Å². The minimum atomic E-state index is 0.280. The second-order valence-corrected chi connectivity index (χ2v) is 5.40. The standard InChI is InChI=1S/C14H28N2O2/c1-4-7-15-13-6-5-8-16(10-13)14(17)9-12(2)11-18-3/h12-13,15H,4-11H2,1-3H3. The van der Waals surface area contributed by atoms with Gasteiger partial charge in [0.1, 0.15) is 0 Å². The van der Waals surface area contributed by atoms with Crippen LogP contribution in [0.4, 0.5) is 0 Å². The van der Waals surface area contributed by atoms with E-state index in [4.69, 9.17) is 4.74 Å². The van der Waals surface area contributed by atoms with Crippen LogP contribution in [0.25, 0.3) is 0 Å². The highest BCUT2D eigenvalue weighted by molar-refractivity contribution is 5.76. The number of amides is 1. The average Bonchev–Trinajstić information content (AvgIpc) is 2.37. The first-order chi connectivity index (χ1) is 8.67. The maximum atomic E-state index is 12.1. The van der Waals surface area contributed by atoms with Gasteiger partial charge in [0.15, 0.2) is 0 Å². The number of carbonyl (C=O) groups is 1. The van der Waals surface area contributed by atoms with E-state index in [1.807, 2.05) is 4.90 Å². The Hall–Kier alpha value is -0.610. The van der Waals surface area contributed by atoms with Crippen LogP contribution in [-0.4, -0.2) is 50.2 Å². The van der Waals surface area contributed by atoms with Crippen LogP contribution in [0, 0.1) is 5.92 Å². The lowest BCUT2D eigenvalue weighted by atomic mass is 10.0. The average molecular weight is 256 g/mol.